The third-order valence-electron chi connectivity index (χ3n) is 3.62. The molecule has 7 nitrogen and oxygen atoms in total. The van der Waals surface area contributed by atoms with Crippen molar-refractivity contribution in [2.24, 2.45) is 0 Å². The summed E-state index contributed by atoms with van der Waals surface area (Å²) in [4.78, 5) is 37.6. The molecule has 2 heterocycles. The number of imidazole rings is 1. The quantitative estimate of drug-likeness (QED) is 0.487. The van der Waals surface area contributed by atoms with Crippen LogP contribution in [-0.4, -0.2) is 31.6 Å². The molecule has 0 aliphatic rings. The van der Waals surface area contributed by atoms with Crippen molar-refractivity contribution in [2.75, 3.05) is 11.1 Å². The second-order valence-electron chi connectivity index (χ2n) is 5.27. The summed E-state index contributed by atoms with van der Waals surface area (Å²) in [6.07, 6.45) is 2.26. The minimum Gasteiger partial charge on any atom is -0.339 e. The van der Waals surface area contributed by atoms with E-state index in [0.29, 0.717) is 16.3 Å². The Morgan fingerprint density at radius 3 is 3.00 bits per heavy atom. The smallest absolute Gasteiger partial charge is 0.277 e. The van der Waals surface area contributed by atoms with E-state index in [1.54, 1.807) is 0 Å². The number of nitrogens with zero attached hydrogens (tertiary/aromatic N) is 2. The molecule has 0 saturated carbocycles. The molecule has 3 N–H and O–H groups in total. The van der Waals surface area contributed by atoms with E-state index in [0.717, 1.165) is 23.2 Å². The first-order valence-corrected chi connectivity index (χ1v) is 8.51. The molecule has 0 fully saturated rings. The topological polar surface area (TPSA) is 104 Å². The number of aromatic nitrogens is 4. The summed E-state index contributed by atoms with van der Waals surface area (Å²) >= 11 is 1.17. The Kier molecular flexibility index (Phi) is 4.66. The Morgan fingerprint density at radius 1 is 1.38 bits per heavy atom. The molecule has 24 heavy (non-hydrogen) atoms. The normalized spacial score (nSPS) is 10.9. The van der Waals surface area contributed by atoms with E-state index >= 15 is 0 Å². The number of carbonyl (C=O) groups is 1. The number of amides is 1. The Morgan fingerprint density at radius 2 is 2.21 bits per heavy atom. The molecule has 0 spiro atoms. The molecule has 0 bridgehead atoms. The third kappa shape index (κ3) is 3.33. The molecule has 3 aromatic rings. The van der Waals surface area contributed by atoms with Crippen LogP contribution in [0.1, 0.15) is 18.1 Å². The molecule has 0 radical (unpaired) electrons. The van der Waals surface area contributed by atoms with E-state index < -0.39 is 0 Å². The van der Waals surface area contributed by atoms with Gasteiger partial charge in [0.25, 0.3) is 5.56 Å². The predicted octanol–water partition coefficient (Wildman–Crippen LogP) is 2.25. The van der Waals surface area contributed by atoms with Crippen molar-refractivity contribution in [1.29, 1.82) is 0 Å². The summed E-state index contributed by atoms with van der Waals surface area (Å²) in [5.41, 5.74) is 3.35. The van der Waals surface area contributed by atoms with Crippen LogP contribution in [0.15, 0.2) is 34.5 Å². The number of hydrogen-bond acceptors (Lipinski definition) is 5. The molecule has 0 aliphatic carbocycles. The second-order valence-corrected chi connectivity index (χ2v) is 6.24. The molecule has 2 aromatic heterocycles. The van der Waals surface area contributed by atoms with E-state index in [4.69, 9.17) is 0 Å². The van der Waals surface area contributed by atoms with Gasteiger partial charge in [-0.25, -0.2) is 9.97 Å². The van der Waals surface area contributed by atoms with Gasteiger partial charge in [0.05, 0.1) is 12.1 Å². The van der Waals surface area contributed by atoms with Crippen molar-refractivity contribution >= 4 is 34.5 Å². The van der Waals surface area contributed by atoms with Crippen LogP contribution >= 0.6 is 11.8 Å². The van der Waals surface area contributed by atoms with Crippen molar-refractivity contribution < 1.29 is 4.79 Å². The van der Waals surface area contributed by atoms with E-state index in [9.17, 15) is 9.59 Å². The van der Waals surface area contributed by atoms with E-state index in [2.05, 4.69) is 25.3 Å². The van der Waals surface area contributed by atoms with Crippen LogP contribution in [0.4, 0.5) is 5.69 Å². The second kappa shape index (κ2) is 6.88. The first-order chi connectivity index (χ1) is 11.6. The Bertz CT molecular complexity index is 947. The predicted molar refractivity (Wildman–Crippen MR) is 94.4 cm³/mol. The van der Waals surface area contributed by atoms with Crippen molar-refractivity contribution in [3.05, 3.63) is 46.0 Å². The lowest BCUT2D eigenvalue weighted by Gasteiger charge is -2.12. The monoisotopic (exact) mass is 343 g/mol. The van der Waals surface area contributed by atoms with Crippen LogP contribution in [0, 0.1) is 6.92 Å². The molecule has 1 aromatic carbocycles. The fourth-order valence-corrected chi connectivity index (χ4v) is 3.06. The Hall–Kier alpha value is -2.61. The molecule has 1 amide bonds. The summed E-state index contributed by atoms with van der Waals surface area (Å²) in [5.74, 6) is 0.00451. The van der Waals surface area contributed by atoms with E-state index in [1.807, 2.05) is 32.0 Å². The van der Waals surface area contributed by atoms with Gasteiger partial charge in [0.15, 0.2) is 16.3 Å². The summed E-state index contributed by atoms with van der Waals surface area (Å²) in [7, 11) is 0. The third-order valence-corrected chi connectivity index (χ3v) is 4.49. The number of fused-ring (bicyclic) bond motifs is 1. The Labute approximate surface area is 142 Å². The fourth-order valence-electron chi connectivity index (χ4n) is 2.40. The number of para-hydroxylation sites is 1. The lowest BCUT2D eigenvalue weighted by atomic mass is 10.1. The van der Waals surface area contributed by atoms with E-state index in [1.165, 1.54) is 18.1 Å². The SMILES string of the molecule is CCc1cccc(C)c1NC(=O)CSc1nc2nc[nH]c2c(=O)[nH]1. The van der Waals surface area contributed by atoms with Crippen molar-refractivity contribution in [1.82, 2.24) is 19.9 Å². The number of benzene rings is 1. The number of hydrogen-bond donors (Lipinski definition) is 3. The molecule has 8 heteroatoms. The van der Waals surface area contributed by atoms with Gasteiger partial charge in [-0.2, -0.15) is 0 Å². The van der Waals surface area contributed by atoms with Gasteiger partial charge in [-0.15, -0.1) is 0 Å². The number of anilines is 1. The molecular weight excluding hydrogens is 326 g/mol. The highest BCUT2D eigenvalue weighted by atomic mass is 32.2. The lowest BCUT2D eigenvalue weighted by Crippen LogP contribution is -2.17. The summed E-state index contributed by atoms with van der Waals surface area (Å²) in [6.45, 7) is 4.01. The van der Waals surface area contributed by atoms with Crippen LogP contribution in [0.25, 0.3) is 11.2 Å². The molecule has 0 saturated heterocycles. The highest BCUT2D eigenvalue weighted by Gasteiger charge is 2.11. The lowest BCUT2D eigenvalue weighted by molar-refractivity contribution is -0.113. The molecule has 0 atom stereocenters. The largest absolute Gasteiger partial charge is 0.339 e. The first-order valence-electron chi connectivity index (χ1n) is 7.53. The Balaban J connectivity index is 1.70. The van der Waals surface area contributed by atoms with Crippen LogP contribution < -0.4 is 10.9 Å². The van der Waals surface area contributed by atoms with Gasteiger partial charge in [-0.05, 0) is 24.5 Å². The highest BCUT2D eigenvalue weighted by Crippen LogP contribution is 2.22. The van der Waals surface area contributed by atoms with Crippen LogP contribution in [0.3, 0.4) is 0 Å². The van der Waals surface area contributed by atoms with E-state index in [-0.39, 0.29) is 17.2 Å². The van der Waals surface area contributed by atoms with Crippen molar-refractivity contribution in [3.8, 4) is 0 Å². The maximum atomic E-state index is 12.2. The first kappa shape index (κ1) is 16.3. The molecule has 124 valence electrons. The summed E-state index contributed by atoms with van der Waals surface area (Å²) < 4.78 is 0. The average Bonchev–Trinajstić information content (AvgIpc) is 3.04. The number of carbonyl (C=O) groups excluding carboxylic acids is 1. The van der Waals surface area contributed by atoms with Gasteiger partial charge in [0, 0.05) is 5.69 Å². The average molecular weight is 343 g/mol. The number of rotatable bonds is 5. The van der Waals surface area contributed by atoms with Gasteiger partial charge in [-0.3, -0.25) is 14.6 Å². The zero-order valence-corrected chi connectivity index (χ0v) is 14.2. The minimum atomic E-state index is -0.299. The summed E-state index contributed by atoms with van der Waals surface area (Å²) in [6, 6.07) is 5.94. The zero-order chi connectivity index (χ0) is 17.1. The minimum absolute atomic E-state index is 0.145. The molecular formula is C16H17N5O2S. The highest BCUT2D eigenvalue weighted by molar-refractivity contribution is 7.99. The summed E-state index contributed by atoms with van der Waals surface area (Å²) in [5, 5.41) is 3.32. The number of nitrogens with one attached hydrogen (secondary N) is 3. The molecule has 0 unspecified atom stereocenters. The van der Waals surface area contributed by atoms with Gasteiger partial charge < -0.3 is 10.3 Å². The molecule has 0 aliphatic heterocycles. The van der Waals surface area contributed by atoms with Gasteiger partial charge in [-0.1, -0.05) is 36.9 Å². The van der Waals surface area contributed by atoms with Crippen molar-refractivity contribution in [2.45, 2.75) is 25.4 Å². The van der Waals surface area contributed by atoms with Crippen LogP contribution in [0.5, 0.6) is 0 Å². The standard InChI is InChI=1S/C16H17N5O2S/c1-3-10-6-4-5-9(2)12(10)19-11(22)7-24-16-20-14-13(15(23)21-16)17-8-18-14/h4-6,8H,3,7H2,1-2H3,(H,19,22)(H2,17,18,20,21,23). The maximum absolute atomic E-state index is 12.2. The zero-order valence-electron chi connectivity index (χ0n) is 13.3. The molecule has 3 rings (SSSR count). The van der Waals surface area contributed by atoms with Gasteiger partial charge in [0.2, 0.25) is 5.91 Å². The number of thioether (sulfide) groups is 1. The van der Waals surface area contributed by atoms with Gasteiger partial charge >= 0.3 is 0 Å². The number of aryl methyl sites for hydroxylation is 2. The maximum Gasteiger partial charge on any atom is 0.277 e. The van der Waals surface area contributed by atoms with Crippen molar-refractivity contribution in [3.63, 3.8) is 0 Å². The number of aromatic amines is 2. The van der Waals surface area contributed by atoms with Gasteiger partial charge in [0.1, 0.15) is 0 Å². The number of H-pyrrole nitrogens is 2. The van der Waals surface area contributed by atoms with Crippen LogP contribution in [-0.2, 0) is 11.2 Å². The van der Waals surface area contributed by atoms with Crippen LogP contribution in [0.2, 0.25) is 0 Å². The fraction of sp³-hybridized carbons (Fsp3) is 0.250.